The Hall–Kier alpha value is -1.76. The summed E-state index contributed by atoms with van der Waals surface area (Å²) < 4.78 is 39.2. The van der Waals surface area contributed by atoms with Gasteiger partial charge in [-0.05, 0) is 37.3 Å². The molecule has 1 aliphatic carbocycles. The Bertz CT molecular complexity index is 642. The molecule has 7 heteroatoms. The maximum Gasteiger partial charge on any atom is 0.416 e. The van der Waals surface area contributed by atoms with Crippen LogP contribution in [-0.2, 0) is 11.6 Å². The number of carbonyl (C=O) groups is 1. The predicted octanol–water partition coefficient (Wildman–Crippen LogP) is 3.68. The van der Waals surface area contributed by atoms with Gasteiger partial charge in [-0.3, -0.25) is 0 Å². The first-order chi connectivity index (χ1) is 12.3. The number of carbonyl (C=O) groups excluding carboxylic acids is 1. The first-order valence-electron chi connectivity index (χ1n) is 9.19. The Balaban J connectivity index is 1.73. The van der Waals surface area contributed by atoms with E-state index in [-0.39, 0.29) is 6.03 Å². The number of β-amino-alcohol motifs (C(OH)–C–C–N with tert-alkyl or cyclic N) is 1. The normalized spacial score (nSPS) is 23.1. The van der Waals surface area contributed by atoms with Crippen LogP contribution in [-0.4, -0.2) is 41.8 Å². The minimum Gasteiger partial charge on any atom is -0.391 e. The Labute approximate surface area is 151 Å². The van der Waals surface area contributed by atoms with Crippen LogP contribution in [0.25, 0.3) is 0 Å². The third kappa shape index (κ3) is 4.14. The van der Waals surface area contributed by atoms with Gasteiger partial charge in [-0.15, -0.1) is 0 Å². The number of benzene rings is 1. The van der Waals surface area contributed by atoms with E-state index in [1.54, 1.807) is 11.0 Å². The zero-order valence-electron chi connectivity index (χ0n) is 14.7. The molecular weight excluding hydrogens is 345 g/mol. The summed E-state index contributed by atoms with van der Waals surface area (Å²) in [6.07, 6.45) is -0.0235. The van der Waals surface area contributed by atoms with Crippen LogP contribution in [0.4, 0.5) is 18.0 Å². The maximum atomic E-state index is 13.1. The topological polar surface area (TPSA) is 52.6 Å². The van der Waals surface area contributed by atoms with E-state index >= 15 is 0 Å². The summed E-state index contributed by atoms with van der Waals surface area (Å²) in [6, 6.07) is 5.24. The molecule has 4 nitrogen and oxygen atoms in total. The average molecular weight is 370 g/mol. The Kier molecular flexibility index (Phi) is 5.46. The lowest BCUT2D eigenvalue weighted by Gasteiger charge is -2.34. The number of likely N-dealkylation sites (tertiary alicyclic amines) is 1. The number of nitrogens with one attached hydrogen (secondary N) is 1. The summed E-state index contributed by atoms with van der Waals surface area (Å²) in [7, 11) is 0. The number of nitrogens with zero attached hydrogens (tertiary/aromatic N) is 1. The number of aliphatic hydroxyl groups is 1. The monoisotopic (exact) mass is 370 g/mol. The van der Waals surface area contributed by atoms with Crippen molar-refractivity contribution in [1.29, 1.82) is 0 Å². The van der Waals surface area contributed by atoms with Crippen molar-refractivity contribution in [2.45, 2.75) is 56.2 Å². The average Bonchev–Trinajstić information content (AvgIpc) is 3.09. The lowest BCUT2D eigenvalue weighted by atomic mass is 9.78. The fourth-order valence-corrected chi connectivity index (χ4v) is 4.14. The van der Waals surface area contributed by atoms with E-state index in [0.29, 0.717) is 31.6 Å². The molecule has 26 heavy (non-hydrogen) atoms. The van der Waals surface area contributed by atoms with E-state index in [0.717, 1.165) is 38.2 Å². The van der Waals surface area contributed by atoms with Gasteiger partial charge in [0, 0.05) is 25.0 Å². The first kappa shape index (κ1) is 19.0. The summed E-state index contributed by atoms with van der Waals surface area (Å²) in [4.78, 5) is 14.0. The molecule has 0 spiro atoms. The number of amides is 2. The van der Waals surface area contributed by atoms with E-state index in [9.17, 15) is 23.1 Å². The third-order valence-electron chi connectivity index (χ3n) is 5.62. The smallest absolute Gasteiger partial charge is 0.391 e. The quantitative estimate of drug-likeness (QED) is 0.853. The van der Waals surface area contributed by atoms with Crippen molar-refractivity contribution in [1.82, 2.24) is 10.2 Å². The van der Waals surface area contributed by atoms with Gasteiger partial charge in [-0.2, -0.15) is 13.2 Å². The molecule has 1 heterocycles. The predicted molar refractivity (Wildman–Crippen MR) is 91.8 cm³/mol. The highest BCUT2D eigenvalue weighted by molar-refractivity contribution is 5.74. The molecule has 2 aliphatic rings. The van der Waals surface area contributed by atoms with Gasteiger partial charge in [0.15, 0.2) is 0 Å². The van der Waals surface area contributed by atoms with E-state index in [1.165, 1.54) is 12.1 Å². The van der Waals surface area contributed by atoms with E-state index < -0.39 is 23.3 Å². The van der Waals surface area contributed by atoms with Crippen molar-refractivity contribution in [3.63, 3.8) is 0 Å². The molecule has 2 N–H and O–H groups in total. The van der Waals surface area contributed by atoms with Crippen LogP contribution in [0.3, 0.4) is 0 Å². The largest absolute Gasteiger partial charge is 0.416 e. The van der Waals surface area contributed by atoms with E-state index in [2.05, 4.69) is 5.32 Å². The van der Waals surface area contributed by atoms with Crippen molar-refractivity contribution >= 4 is 6.03 Å². The minimum absolute atomic E-state index is 0.248. The van der Waals surface area contributed by atoms with Gasteiger partial charge in [-0.1, -0.05) is 31.0 Å². The molecule has 1 saturated carbocycles. The molecule has 3 rings (SSSR count). The number of piperidine rings is 1. The Morgan fingerprint density at radius 1 is 1.27 bits per heavy atom. The van der Waals surface area contributed by atoms with Crippen molar-refractivity contribution in [2.24, 2.45) is 0 Å². The van der Waals surface area contributed by atoms with Gasteiger partial charge in [0.1, 0.15) is 0 Å². The molecule has 1 aromatic carbocycles. The Morgan fingerprint density at radius 3 is 2.65 bits per heavy atom. The second kappa shape index (κ2) is 7.47. The van der Waals surface area contributed by atoms with Gasteiger partial charge in [0.2, 0.25) is 0 Å². The van der Waals surface area contributed by atoms with Crippen LogP contribution in [0, 0.1) is 0 Å². The summed E-state index contributed by atoms with van der Waals surface area (Å²) in [5, 5.41) is 12.6. The molecule has 0 unspecified atom stereocenters. The lowest BCUT2D eigenvalue weighted by Crippen LogP contribution is -2.50. The fraction of sp³-hybridized carbons (Fsp3) is 0.632. The molecular formula is C19H25F3N2O2. The highest BCUT2D eigenvalue weighted by Gasteiger charge is 2.38. The highest BCUT2D eigenvalue weighted by Crippen LogP contribution is 2.42. The molecule has 1 aromatic rings. The number of hydrogen-bond donors (Lipinski definition) is 2. The second-order valence-corrected chi connectivity index (χ2v) is 7.47. The Morgan fingerprint density at radius 2 is 2.00 bits per heavy atom. The minimum atomic E-state index is -4.37. The number of hydrogen-bond acceptors (Lipinski definition) is 2. The summed E-state index contributed by atoms with van der Waals surface area (Å²) in [5.41, 5.74) is -0.457. The van der Waals surface area contributed by atoms with Crippen molar-refractivity contribution in [3.05, 3.63) is 35.4 Å². The van der Waals surface area contributed by atoms with Crippen molar-refractivity contribution in [3.8, 4) is 0 Å². The second-order valence-electron chi connectivity index (χ2n) is 7.47. The van der Waals surface area contributed by atoms with Gasteiger partial charge in [0.05, 0.1) is 11.7 Å². The van der Waals surface area contributed by atoms with Gasteiger partial charge in [-0.25, -0.2) is 4.79 Å². The van der Waals surface area contributed by atoms with Crippen LogP contribution in [0.5, 0.6) is 0 Å². The summed E-state index contributed by atoms with van der Waals surface area (Å²) in [6.45, 7) is 1.22. The lowest BCUT2D eigenvalue weighted by molar-refractivity contribution is -0.137. The van der Waals surface area contributed by atoms with E-state index in [1.807, 2.05) is 0 Å². The van der Waals surface area contributed by atoms with Crippen molar-refractivity contribution < 1.29 is 23.1 Å². The van der Waals surface area contributed by atoms with Crippen molar-refractivity contribution in [2.75, 3.05) is 19.6 Å². The summed E-state index contributed by atoms with van der Waals surface area (Å²) in [5.74, 6) is 0. The maximum absolute atomic E-state index is 13.1. The third-order valence-corrected chi connectivity index (χ3v) is 5.62. The molecule has 1 saturated heterocycles. The first-order valence-corrected chi connectivity index (χ1v) is 9.19. The molecule has 2 fully saturated rings. The number of alkyl halides is 3. The van der Waals surface area contributed by atoms with Gasteiger partial charge < -0.3 is 15.3 Å². The van der Waals surface area contributed by atoms with Crippen LogP contribution < -0.4 is 5.32 Å². The molecule has 2 amide bonds. The van der Waals surface area contributed by atoms with E-state index in [4.69, 9.17) is 0 Å². The molecule has 1 aliphatic heterocycles. The molecule has 0 bridgehead atoms. The fourth-order valence-electron chi connectivity index (χ4n) is 4.14. The highest BCUT2D eigenvalue weighted by atomic mass is 19.4. The van der Waals surface area contributed by atoms with Gasteiger partial charge in [0.25, 0.3) is 0 Å². The number of aliphatic hydroxyl groups excluding tert-OH is 1. The molecule has 0 aromatic heterocycles. The van der Waals surface area contributed by atoms with Gasteiger partial charge >= 0.3 is 12.2 Å². The van der Waals surface area contributed by atoms with Crippen LogP contribution in [0.1, 0.15) is 49.7 Å². The number of rotatable bonds is 3. The van der Waals surface area contributed by atoms with Crippen LogP contribution in [0.15, 0.2) is 24.3 Å². The number of halogens is 3. The molecule has 144 valence electrons. The standard InChI is InChI=1S/C19H25F3N2O2/c20-19(21,22)15-6-3-5-14(11-15)18(8-1-2-9-18)13-23-17(26)24-10-4-7-16(25)12-24/h3,5-6,11,16,25H,1-2,4,7-10,12-13H2,(H,23,26)/t16-/m1/s1. The van der Waals surface area contributed by atoms with Crippen LogP contribution in [0.2, 0.25) is 0 Å². The zero-order valence-corrected chi connectivity index (χ0v) is 14.7. The zero-order chi connectivity index (χ0) is 18.8. The number of urea groups is 1. The summed E-state index contributed by atoms with van der Waals surface area (Å²) >= 11 is 0. The molecule has 0 radical (unpaired) electrons. The van der Waals surface area contributed by atoms with Crippen LogP contribution >= 0.6 is 0 Å². The molecule has 1 atom stereocenters. The SMILES string of the molecule is O=C(NCC1(c2cccc(C(F)(F)F)c2)CCCC1)N1CCC[C@@H](O)C1.